The molecule has 1 aromatic heterocycles. The second-order valence-electron chi connectivity index (χ2n) is 6.29. The molecule has 0 spiro atoms. The first-order valence-electron chi connectivity index (χ1n) is 8.80. The Morgan fingerprint density at radius 1 is 1.10 bits per heavy atom. The Morgan fingerprint density at radius 3 is 2.55 bits per heavy atom. The zero-order valence-electron chi connectivity index (χ0n) is 15.4. The van der Waals surface area contributed by atoms with E-state index in [2.05, 4.69) is 20.9 Å². The van der Waals surface area contributed by atoms with Gasteiger partial charge in [-0.1, -0.05) is 42.5 Å². The Hall–Kier alpha value is -2.96. The van der Waals surface area contributed by atoms with Crippen molar-refractivity contribution < 1.29 is 14.6 Å². The number of carbonyl (C=O) groups excluding carboxylic acids is 1. The number of aromatic nitrogens is 1. The zero-order chi connectivity index (χ0) is 20.4. The van der Waals surface area contributed by atoms with Gasteiger partial charge in [0.05, 0.1) is 27.4 Å². The Bertz CT molecular complexity index is 1200. The van der Waals surface area contributed by atoms with Gasteiger partial charge in [0.2, 0.25) is 0 Å². The molecule has 0 saturated heterocycles. The molecule has 1 N–H and O–H groups in total. The van der Waals surface area contributed by atoms with Crippen LogP contribution in [0.1, 0.15) is 20.9 Å². The highest BCUT2D eigenvalue weighted by atomic mass is 79.9. The topological polar surface area (TPSA) is 59.4 Å². The summed E-state index contributed by atoms with van der Waals surface area (Å²) in [6.45, 7) is 0. The van der Waals surface area contributed by atoms with Crippen LogP contribution < -0.4 is 4.74 Å². The van der Waals surface area contributed by atoms with E-state index in [1.807, 2.05) is 42.5 Å². The lowest BCUT2D eigenvalue weighted by Gasteiger charge is -2.08. The molecule has 4 nitrogen and oxygen atoms in total. The summed E-state index contributed by atoms with van der Waals surface area (Å²) in [5.41, 5.74) is 2.63. The summed E-state index contributed by atoms with van der Waals surface area (Å²) in [6, 6.07) is 20.3. The van der Waals surface area contributed by atoms with Gasteiger partial charge in [0.25, 0.3) is 0 Å². The summed E-state index contributed by atoms with van der Waals surface area (Å²) in [5.74, 6) is 0.217. The number of benzene rings is 3. The summed E-state index contributed by atoms with van der Waals surface area (Å²) in [6.07, 6.45) is 1.78. The number of methoxy groups -OCH3 is 1. The number of phenols is 1. The predicted molar refractivity (Wildman–Crippen MR) is 121 cm³/mol. The smallest absolute Gasteiger partial charge is 0.196 e. The van der Waals surface area contributed by atoms with E-state index >= 15 is 0 Å². The minimum Gasteiger partial charge on any atom is -0.503 e. The van der Waals surface area contributed by atoms with Gasteiger partial charge in [-0.15, -0.1) is 11.3 Å². The van der Waals surface area contributed by atoms with Gasteiger partial charge in [-0.3, -0.25) is 4.79 Å². The second kappa shape index (κ2) is 8.19. The Labute approximate surface area is 180 Å². The lowest BCUT2D eigenvalue weighted by molar-refractivity contribution is 0.105. The third kappa shape index (κ3) is 3.95. The monoisotopic (exact) mass is 465 g/mol. The zero-order valence-corrected chi connectivity index (χ0v) is 17.8. The number of halogens is 1. The van der Waals surface area contributed by atoms with Crippen molar-refractivity contribution in [3.63, 3.8) is 0 Å². The molecule has 1 heterocycles. The molecule has 144 valence electrons. The molecule has 6 heteroatoms. The van der Waals surface area contributed by atoms with E-state index < -0.39 is 0 Å². The Balaban J connectivity index is 1.89. The number of Topliss-reactive ketones (excluding diaryl/α,β-unsaturated/α-hetero) is 1. The van der Waals surface area contributed by atoms with Gasteiger partial charge < -0.3 is 9.84 Å². The number of carbonyl (C=O) groups is 1. The molecule has 29 heavy (non-hydrogen) atoms. The van der Waals surface area contributed by atoms with E-state index in [1.54, 1.807) is 30.3 Å². The van der Waals surface area contributed by atoms with Crippen LogP contribution in [-0.4, -0.2) is 23.0 Å². The molecule has 0 aliphatic carbocycles. The third-order valence-corrected chi connectivity index (χ3v) is 6.06. The Morgan fingerprint density at radius 2 is 1.83 bits per heavy atom. The van der Waals surface area contributed by atoms with Crippen molar-refractivity contribution in [3.8, 4) is 11.5 Å². The molecular weight excluding hydrogens is 450 g/mol. The maximum absolute atomic E-state index is 13.3. The SMILES string of the molecule is COc1cc(/C=C(/C(=O)c2ccccc2)c2nc3ccccc3s2)cc(Br)c1O. The number of nitrogens with zero attached hydrogens (tertiary/aromatic N) is 1. The van der Waals surface area contributed by atoms with E-state index in [0.717, 1.165) is 10.2 Å². The van der Waals surface area contributed by atoms with E-state index in [0.29, 0.717) is 31.9 Å². The van der Waals surface area contributed by atoms with Gasteiger partial charge in [-0.25, -0.2) is 4.98 Å². The summed E-state index contributed by atoms with van der Waals surface area (Å²) in [5, 5.41) is 10.7. The summed E-state index contributed by atoms with van der Waals surface area (Å²) >= 11 is 4.81. The van der Waals surface area contributed by atoms with Crippen molar-refractivity contribution >= 4 is 54.9 Å². The summed E-state index contributed by atoms with van der Waals surface area (Å²) in [4.78, 5) is 18.0. The van der Waals surface area contributed by atoms with Gasteiger partial charge in [0.15, 0.2) is 17.3 Å². The maximum atomic E-state index is 13.3. The van der Waals surface area contributed by atoms with Crippen LogP contribution in [0.5, 0.6) is 11.5 Å². The van der Waals surface area contributed by atoms with Crippen LogP contribution in [0.3, 0.4) is 0 Å². The molecule has 3 aromatic carbocycles. The van der Waals surface area contributed by atoms with Crippen LogP contribution in [0.4, 0.5) is 0 Å². The highest BCUT2D eigenvalue weighted by Crippen LogP contribution is 2.37. The van der Waals surface area contributed by atoms with Crippen molar-refractivity contribution in [3.05, 3.63) is 87.3 Å². The summed E-state index contributed by atoms with van der Waals surface area (Å²) in [7, 11) is 1.48. The highest BCUT2D eigenvalue weighted by molar-refractivity contribution is 9.10. The number of aromatic hydroxyl groups is 1. The van der Waals surface area contributed by atoms with Gasteiger partial charge in [-0.2, -0.15) is 0 Å². The quantitative estimate of drug-likeness (QED) is 0.281. The molecule has 4 aromatic rings. The van der Waals surface area contributed by atoms with Crippen LogP contribution in [0.2, 0.25) is 0 Å². The van der Waals surface area contributed by atoms with Gasteiger partial charge >= 0.3 is 0 Å². The molecule has 0 unspecified atom stereocenters. The number of para-hydroxylation sites is 1. The average Bonchev–Trinajstić information content (AvgIpc) is 3.18. The number of hydrogen-bond acceptors (Lipinski definition) is 5. The number of phenolic OH excluding ortho intramolecular Hbond substituents is 1. The largest absolute Gasteiger partial charge is 0.503 e. The number of thiazole rings is 1. The van der Waals surface area contributed by atoms with E-state index in [9.17, 15) is 9.90 Å². The lowest BCUT2D eigenvalue weighted by Crippen LogP contribution is -2.02. The number of ketones is 1. The van der Waals surface area contributed by atoms with Crippen LogP contribution in [-0.2, 0) is 0 Å². The van der Waals surface area contributed by atoms with E-state index in [-0.39, 0.29) is 11.5 Å². The third-order valence-electron chi connectivity index (χ3n) is 4.39. The van der Waals surface area contributed by atoms with Crippen LogP contribution in [0.15, 0.2) is 71.2 Å². The Kier molecular flexibility index (Phi) is 5.47. The van der Waals surface area contributed by atoms with Crippen LogP contribution in [0.25, 0.3) is 21.9 Å². The molecule has 0 amide bonds. The summed E-state index contributed by atoms with van der Waals surface area (Å²) < 4.78 is 6.74. The van der Waals surface area contributed by atoms with Crippen molar-refractivity contribution in [2.75, 3.05) is 7.11 Å². The maximum Gasteiger partial charge on any atom is 0.196 e. The van der Waals surface area contributed by atoms with Crippen LogP contribution in [0, 0.1) is 0 Å². The van der Waals surface area contributed by atoms with Crippen molar-refractivity contribution in [2.45, 2.75) is 0 Å². The van der Waals surface area contributed by atoms with Crippen molar-refractivity contribution in [1.82, 2.24) is 4.98 Å². The van der Waals surface area contributed by atoms with Crippen LogP contribution >= 0.6 is 27.3 Å². The molecule has 0 aliphatic rings. The number of fused-ring (bicyclic) bond motifs is 1. The lowest BCUT2D eigenvalue weighted by atomic mass is 10.0. The van der Waals surface area contributed by atoms with Gasteiger partial charge in [-0.05, 0) is 51.8 Å². The number of rotatable bonds is 5. The number of hydrogen-bond donors (Lipinski definition) is 1. The second-order valence-corrected chi connectivity index (χ2v) is 8.18. The van der Waals surface area contributed by atoms with E-state index in [1.165, 1.54) is 18.4 Å². The minimum atomic E-state index is -0.118. The fourth-order valence-corrected chi connectivity index (χ4v) is 4.39. The molecule has 0 aliphatic heterocycles. The molecule has 0 fully saturated rings. The molecular formula is C23H16BrNO3S. The fraction of sp³-hybridized carbons (Fsp3) is 0.0435. The normalized spacial score (nSPS) is 11.6. The van der Waals surface area contributed by atoms with E-state index in [4.69, 9.17) is 4.74 Å². The van der Waals surface area contributed by atoms with Gasteiger partial charge in [0, 0.05) is 5.56 Å². The molecule has 0 atom stereocenters. The number of allylic oxidation sites excluding steroid dienone is 1. The standard InChI is InChI=1S/C23H16BrNO3S/c1-28-19-13-14(12-17(24)22(19)27)11-16(21(26)15-7-3-2-4-8-15)23-25-18-9-5-6-10-20(18)29-23/h2-13,27H,1H3/b16-11-. The molecule has 0 saturated carbocycles. The first-order chi connectivity index (χ1) is 14.1. The first kappa shape index (κ1) is 19.4. The minimum absolute atomic E-state index is 0.0144. The fourth-order valence-electron chi connectivity index (χ4n) is 2.96. The first-order valence-corrected chi connectivity index (χ1v) is 10.4. The van der Waals surface area contributed by atoms with Gasteiger partial charge in [0.1, 0.15) is 5.01 Å². The average molecular weight is 466 g/mol. The molecule has 0 bridgehead atoms. The number of ether oxygens (including phenoxy) is 1. The predicted octanol–water partition coefficient (Wildman–Crippen LogP) is 6.20. The highest BCUT2D eigenvalue weighted by Gasteiger charge is 2.19. The van der Waals surface area contributed by atoms with Crippen molar-refractivity contribution in [2.24, 2.45) is 0 Å². The molecule has 4 rings (SSSR count). The molecule has 0 radical (unpaired) electrons. The van der Waals surface area contributed by atoms with Crippen molar-refractivity contribution in [1.29, 1.82) is 0 Å².